The summed E-state index contributed by atoms with van der Waals surface area (Å²) in [5.41, 5.74) is 1.50. The molecule has 1 heterocycles. The first-order valence-electron chi connectivity index (χ1n) is 9.79. The summed E-state index contributed by atoms with van der Waals surface area (Å²) < 4.78 is 31.0. The minimum absolute atomic E-state index is 0.0208. The molecule has 1 aliphatic heterocycles. The zero-order chi connectivity index (χ0) is 23.5. The molecule has 7 nitrogen and oxygen atoms in total. The van der Waals surface area contributed by atoms with E-state index in [9.17, 15) is 28.0 Å². The normalized spacial score (nSPS) is 12.5. The lowest BCUT2D eigenvalue weighted by Crippen LogP contribution is -2.29. The lowest BCUT2D eigenvalue weighted by Gasteiger charge is -2.14. The fourth-order valence-electron chi connectivity index (χ4n) is 3.30. The number of hydrogen-bond donors (Lipinski definition) is 1. The Labute approximate surface area is 186 Å². The van der Waals surface area contributed by atoms with E-state index in [0.29, 0.717) is 16.7 Å². The molecular formula is C24H16F2N2O5. The van der Waals surface area contributed by atoms with Gasteiger partial charge in [-0.15, -0.1) is 0 Å². The van der Waals surface area contributed by atoms with E-state index in [1.807, 2.05) is 0 Å². The van der Waals surface area contributed by atoms with Gasteiger partial charge in [0.25, 0.3) is 17.7 Å². The molecule has 0 aromatic heterocycles. The van der Waals surface area contributed by atoms with Crippen molar-refractivity contribution in [2.24, 2.45) is 0 Å². The maximum absolute atomic E-state index is 13.2. The van der Waals surface area contributed by atoms with Crippen LogP contribution in [-0.2, 0) is 16.1 Å². The van der Waals surface area contributed by atoms with Gasteiger partial charge in [0, 0.05) is 11.8 Å². The number of rotatable bonds is 6. The number of nitrogens with zero attached hydrogens (tertiary/aromatic N) is 1. The summed E-state index contributed by atoms with van der Waals surface area (Å²) >= 11 is 0. The molecule has 0 saturated carbocycles. The topological polar surface area (TPSA) is 92.8 Å². The maximum Gasteiger partial charge on any atom is 0.338 e. The Morgan fingerprint density at radius 1 is 0.848 bits per heavy atom. The highest BCUT2D eigenvalue weighted by Crippen LogP contribution is 2.24. The number of hydrogen-bond acceptors (Lipinski definition) is 5. The van der Waals surface area contributed by atoms with E-state index in [1.165, 1.54) is 18.2 Å². The second-order valence-corrected chi connectivity index (χ2v) is 7.19. The van der Waals surface area contributed by atoms with Crippen LogP contribution in [0.5, 0.6) is 0 Å². The summed E-state index contributed by atoms with van der Waals surface area (Å²) in [6.45, 7) is -0.590. The standard InChI is InChI=1S/C24H16F2N2O5/c25-19-10-9-16(11-20(19)26)27-21(29)13-33-24(32)15-7-5-14(6-8-15)12-28-22(30)17-3-1-2-4-18(17)23(28)31/h1-11H,12-13H2,(H,27,29). The van der Waals surface area contributed by atoms with Crippen molar-refractivity contribution in [3.63, 3.8) is 0 Å². The van der Waals surface area contributed by atoms with Gasteiger partial charge >= 0.3 is 5.97 Å². The van der Waals surface area contributed by atoms with Gasteiger partial charge in [0.05, 0.1) is 23.2 Å². The zero-order valence-corrected chi connectivity index (χ0v) is 17.0. The van der Waals surface area contributed by atoms with E-state index >= 15 is 0 Å². The van der Waals surface area contributed by atoms with Crippen LogP contribution in [0.1, 0.15) is 36.6 Å². The number of halogens is 2. The first kappa shape index (κ1) is 21.8. The number of amides is 3. The minimum atomic E-state index is -1.12. The molecule has 3 aromatic rings. The highest BCUT2D eigenvalue weighted by atomic mass is 19.2. The van der Waals surface area contributed by atoms with Crippen LogP contribution in [0.2, 0.25) is 0 Å². The van der Waals surface area contributed by atoms with E-state index in [-0.39, 0.29) is 29.6 Å². The summed E-state index contributed by atoms with van der Waals surface area (Å²) in [6, 6.07) is 15.4. The molecular weight excluding hydrogens is 434 g/mol. The fourth-order valence-corrected chi connectivity index (χ4v) is 3.30. The van der Waals surface area contributed by atoms with Crippen LogP contribution < -0.4 is 5.32 Å². The number of fused-ring (bicyclic) bond motifs is 1. The summed E-state index contributed by atoms with van der Waals surface area (Å²) in [5, 5.41) is 2.29. The van der Waals surface area contributed by atoms with Crippen LogP contribution in [0.3, 0.4) is 0 Å². The molecule has 3 aromatic carbocycles. The summed E-state index contributed by atoms with van der Waals surface area (Å²) in [5.74, 6) is -4.44. The van der Waals surface area contributed by atoms with Crippen molar-refractivity contribution in [2.45, 2.75) is 6.54 Å². The molecule has 0 unspecified atom stereocenters. The zero-order valence-electron chi connectivity index (χ0n) is 17.0. The Morgan fingerprint density at radius 2 is 1.48 bits per heavy atom. The van der Waals surface area contributed by atoms with Crippen LogP contribution in [0, 0.1) is 11.6 Å². The number of carbonyl (C=O) groups is 4. The molecule has 0 fully saturated rings. The van der Waals surface area contributed by atoms with Crippen molar-refractivity contribution >= 4 is 29.4 Å². The van der Waals surface area contributed by atoms with Crippen molar-refractivity contribution in [1.29, 1.82) is 0 Å². The van der Waals surface area contributed by atoms with Crippen molar-refractivity contribution in [2.75, 3.05) is 11.9 Å². The molecule has 166 valence electrons. The van der Waals surface area contributed by atoms with Gasteiger partial charge in [0.1, 0.15) is 0 Å². The van der Waals surface area contributed by atoms with Crippen LogP contribution >= 0.6 is 0 Å². The largest absolute Gasteiger partial charge is 0.452 e. The third-order valence-corrected chi connectivity index (χ3v) is 4.95. The number of ether oxygens (including phenoxy) is 1. The SMILES string of the molecule is O=C(COC(=O)c1ccc(CN2C(=O)c3ccccc3C2=O)cc1)Nc1ccc(F)c(F)c1. The number of anilines is 1. The van der Waals surface area contributed by atoms with Gasteiger partial charge in [-0.05, 0) is 42.0 Å². The van der Waals surface area contributed by atoms with Gasteiger partial charge in [-0.1, -0.05) is 24.3 Å². The average molecular weight is 450 g/mol. The van der Waals surface area contributed by atoms with Crippen LogP contribution in [0.25, 0.3) is 0 Å². The third-order valence-electron chi connectivity index (χ3n) is 4.95. The molecule has 3 amide bonds. The van der Waals surface area contributed by atoms with Gasteiger partial charge in [0.15, 0.2) is 18.2 Å². The minimum Gasteiger partial charge on any atom is -0.452 e. The summed E-state index contributed by atoms with van der Waals surface area (Å²) in [4.78, 5) is 50.1. The molecule has 9 heteroatoms. The molecule has 0 aliphatic carbocycles. The highest BCUT2D eigenvalue weighted by Gasteiger charge is 2.34. The molecule has 0 bridgehead atoms. The Morgan fingerprint density at radius 3 is 2.09 bits per heavy atom. The Bertz CT molecular complexity index is 1240. The Hall–Kier alpha value is -4.40. The molecule has 33 heavy (non-hydrogen) atoms. The molecule has 1 N–H and O–H groups in total. The van der Waals surface area contributed by atoms with E-state index in [1.54, 1.807) is 36.4 Å². The van der Waals surface area contributed by atoms with Crippen LogP contribution in [0.15, 0.2) is 66.7 Å². The third kappa shape index (κ3) is 4.62. The van der Waals surface area contributed by atoms with E-state index in [0.717, 1.165) is 17.0 Å². The van der Waals surface area contributed by atoms with Gasteiger partial charge < -0.3 is 10.1 Å². The maximum atomic E-state index is 13.2. The molecule has 0 saturated heterocycles. The number of imide groups is 1. The lowest BCUT2D eigenvalue weighted by molar-refractivity contribution is -0.119. The van der Waals surface area contributed by atoms with Crippen molar-refractivity contribution in [3.05, 3.63) is 101 Å². The smallest absolute Gasteiger partial charge is 0.338 e. The quantitative estimate of drug-likeness (QED) is 0.458. The monoisotopic (exact) mass is 450 g/mol. The number of esters is 1. The van der Waals surface area contributed by atoms with Crippen LogP contribution in [-0.4, -0.2) is 35.2 Å². The first-order chi connectivity index (χ1) is 15.8. The average Bonchev–Trinajstić information content (AvgIpc) is 3.05. The number of nitrogens with one attached hydrogen (secondary N) is 1. The van der Waals surface area contributed by atoms with Crippen LogP contribution in [0.4, 0.5) is 14.5 Å². The lowest BCUT2D eigenvalue weighted by atomic mass is 10.1. The molecule has 0 radical (unpaired) electrons. The number of carbonyl (C=O) groups excluding carboxylic acids is 4. The van der Waals surface area contributed by atoms with Crippen molar-refractivity contribution < 1.29 is 32.7 Å². The van der Waals surface area contributed by atoms with Gasteiger partial charge in [-0.2, -0.15) is 0 Å². The van der Waals surface area contributed by atoms with E-state index in [2.05, 4.69) is 5.32 Å². The Kier molecular flexibility index (Phi) is 5.95. The molecule has 1 aliphatic rings. The predicted molar refractivity (Wildman–Crippen MR) is 112 cm³/mol. The molecule has 0 atom stereocenters. The van der Waals surface area contributed by atoms with Gasteiger partial charge in [-0.25, -0.2) is 13.6 Å². The summed E-state index contributed by atoms with van der Waals surface area (Å²) in [6.07, 6.45) is 0. The van der Waals surface area contributed by atoms with Crippen molar-refractivity contribution in [3.8, 4) is 0 Å². The van der Waals surface area contributed by atoms with Crippen molar-refractivity contribution in [1.82, 2.24) is 4.90 Å². The second-order valence-electron chi connectivity index (χ2n) is 7.19. The van der Waals surface area contributed by atoms with Gasteiger partial charge in [0.2, 0.25) is 0 Å². The molecule has 4 rings (SSSR count). The van der Waals surface area contributed by atoms with E-state index < -0.39 is 30.1 Å². The molecule has 0 spiro atoms. The summed E-state index contributed by atoms with van der Waals surface area (Å²) in [7, 11) is 0. The fraction of sp³-hybridized carbons (Fsp3) is 0.0833. The predicted octanol–water partition coefficient (Wildman–Crippen LogP) is 3.56. The van der Waals surface area contributed by atoms with E-state index in [4.69, 9.17) is 4.74 Å². The Balaban J connectivity index is 1.32. The van der Waals surface area contributed by atoms with Gasteiger partial charge in [-0.3, -0.25) is 19.3 Å². The first-order valence-corrected chi connectivity index (χ1v) is 9.79. The highest BCUT2D eigenvalue weighted by molar-refractivity contribution is 6.21. The number of benzene rings is 3. The second kappa shape index (κ2) is 8.99.